The molecule has 14 heavy (non-hydrogen) atoms. The first-order valence-corrected chi connectivity index (χ1v) is 4.17. The van der Waals surface area contributed by atoms with Crippen LogP contribution in [0.1, 0.15) is 28.9 Å². The maximum Gasteiger partial charge on any atom is 0.339 e. The smallest absolute Gasteiger partial charge is 0.339 e. The van der Waals surface area contributed by atoms with Gasteiger partial charge in [0.1, 0.15) is 11.9 Å². The van der Waals surface area contributed by atoms with Crippen molar-refractivity contribution >= 4 is 12.4 Å². The maximum atomic E-state index is 11.3. The second kappa shape index (κ2) is 3.14. The molecular weight excluding hydrogens is 184 g/mol. The second-order valence-corrected chi connectivity index (χ2v) is 3.01. The Morgan fingerprint density at radius 3 is 3.00 bits per heavy atom. The predicted molar refractivity (Wildman–Crippen MR) is 47.0 cm³/mol. The van der Waals surface area contributed by atoms with Gasteiger partial charge in [-0.15, -0.1) is 0 Å². The molecule has 1 aromatic rings. The van der Waals surface area contributed by atoms with Crippen LogP contribution in [-0.4, -0.2) is 12.4 Å². The van der Waals surface area contributed by atoms with Gasteiger partial charge in [0.25, 0.3) is 6.47 Å². The number of carbonyl (C=O) groups excluding carboxylic acids is 2. The fourth-order valence-electron chi connectivity index (χ4n) is 1.48. The second-order valence-electron chi connectivity index (χ2n) is 3.01. The average Bonchev–Trinajstić information content (AvgIpc) is 2.43. The van der Waals surface area contributed by atoms with Gasteiger partial charge < -0.3 is 9.47 Å². The van der Waals surface area contributed by atoms with Gasteiger partial charge in [-0.25, -0.2) is 4.79 Å². The van der Waals surface area contributed by atoms with Crippen molar-refractivity contribution in [3.63, 3.8) is 0 Å². The van der Waals surface area contributed by atoms with Crippen molar-refractivity contribution in [3.05, 3.63) is 29.3 Å². The van der Waals surface area contributed by atoms with Gasteiger partial charge in [0.15, 0.2) is 0 Å². The summed E-state index contributed by atoms with van der Waals surface area (Å²) in [5, 5.41) is 0. The number of cyclic esters (lactones) is 1. The van der Waals surface area contributed by atoms with Gasteiger partial charge >= 0.3 is 5.97 Å². The lowest BCUT2D eigenvalue weighted by molar-refractivity contribution is -0.120. The van der Waals surface area contributed by atoms with E-state index < -0.39 is 0 Å². The van der Waals surface area contributed by atoms with Gasteiger partial charge in [-0.05, 0) is 19.1 Å². The van der Waals surface area contributed by atoms with Crippen molar-refractivity contribution in [2.75, 3.05) is 0 Å². The Hall–Kier alpha value is -1.84. The van der Waals surface area contributed by atoms with Crippen LogP contribution in [0.25, 0.3) is 0 Å². The van der Waals surface area contributed by atoms with E-state index in [-0.39, 0.29) is 12.1 Å². The van der Waals surface area contributed by atoms with E-state index in [1.165, 1.54) is 6.07 Å². The van der Waals surface area contributed by atoms with Crippen molar-refractivity contribution in [3.8, 4) is 5.75 Å². The molecule has 0 amide bonds. The molecule has 1 atom stereocenters. The number of rotatable bonds is 2. The highest BCUT2D eigenvalue weighted by Gasteiger charge is 2.27. The van der Waals surface area contributed by atoms with E-state index in [9.17, 15) is 9.59 Å². The fraction of sp³-hybridized carbons (Fsp3) is 0.200. The fourth-order valence-corrected chi connectivity index (χ4v) is 1.48. The highest BCUT2D eigenvalue weighted by Crippen LogP contribution is 2.32. The third-order valence-corrected chi connectivity index (χ3v) is 2.15. The molecule has 0 saturated heterocycles. The van der Waals surface area contributed by atoms with Gasteiger partial charge in [-0.1, -0.05) is 6.07 Å². The van der Waals surface area contributed by atoms with Gasteiger partial charge in [-0.2, -0.15) is 0 Å². The highest BCUT2D eigenvalue weighted by atomic mass is 16.5. The Morgan fingerprint density at radius 1 is 1.50 bits per heavy atom. The molecule has 0 N–H and O–H groups in total. The summed E-state index contributed by atoms with van der Waals surface area (Å²) in [5.41, 5.74) is 1.30. The molecule has 0 radical (unpaired) electrons. The Balaban J connectivity index is 2.44. The predicted octanol–water partition coefficient (Wildman–Crippen LogP) is 1.45. The first-order valence-electron chi connectivity index (χ1n) is 4.17. The third-order valence-electron chi connectivity index (χ3n) is 2.15. The molecule has 1 unspecified atom stereocenters. The summed E-state index contributed by atoms with van der Waals surface area (Å²) >= 11 is 0. The quantitative estimate of drug-likeness (QED) is 0.525. The monoisotopic (exact) mass is 192 g/mol. The van der Waals surface area contributed by atoms with Crippen LogP contribution in [-0.2, 0) is 9.53 Å². The molecule has 0 bridgehead atoms. The minimum absolute atomic E-state index is 0.220. The zero-order chi connectivity index (χ0) is 10.1. The Morgan fingerprint density at radius 2 is 2.29 bits per heavy atom. The minimum Gasteiger partial charge on any atom is -0.454 e. The maximum absolute atomic E-state index is 11.3. The summed E-state index contributed by atoms with van der Waals surface area (Å²) in [7, 11) is 0. The number of hydrogen-bond donors (Lipinski definition) is 0. The number of carbonyl (C=O) groups is 2. The van der Waals surface area contributed by atoms with Crippen molar-refractivity contribution in [1.29, 1.82) is 0 Å². The van der Waals surface area contributed by atoms with Gasteiger partial charge in [0, 0.05) is 5.56 Å². The summed E-state index contributed by atoms with van der Waals surface area (Å²) in [6, 6.07) is 4.87. The summed E-state index contributed by atoms with van der Waals surface area (Å²) < 4.78 is 9.61. The largest absolute Gasteiger partial charge is 0.454 e. The van der Waals surface area contributed by atoms with Crippen molar-refractivity contribution in [2.24, 2.45) is 0 Å². The van der Waals surface area contributed by atoms with E-state index in [0.29, 0.717) is 17.8 Å². The zero-order valence-electron chi connectivity index (χ0n) is 7.52. The lowest BCUT2D eigenvalue weighted by Crippen LogP contribution is -1.95. The summed E-state index contributed by atoms with van der Waals surface area (Å²) in [6.07, 6.45) is -0.220. The van der Waals surface area contributed by atoms with Crippen LogP contribution < -0.4 is 4.74 Å². The Labute approximate surface area is 80.4 Å². The number of esters is 1. The molecule has 1 aromatic carbocycles. The van der Waals surface area contributed by atoms with E-state index in [2.05, 4.69) is 4.74 Å². The molecule has 4 nitrogen and oxygen atoms in total. The van der Waals surface area contributed by atoms with Crippen LogP contribution in [0.4, 0.5) is 0 Å². The molecule has 0 aliphatic carbocycles. The van der Waals surface area contributed by atoms with Gasteiger partial charge in [-0.3, -0.25) is 4.79 Å². The topological polar surface area (TPSA) is 52.6 Å². The molecule has 72 valence electrons. The Bertz CT molecular complexity index is 397. The molecule has 0 saturated carbocycles. The van der Waals surface area contributed by atoms with E-state index in [0.717, 1.165) is 5.56 Å². The minimum atomic E-state index is -0.371. The number of hydrogen-bond acceptors (Lipinski definition) is 4. The first kappa shape index (κ1) is 8.74. The normalized spacial score (nSPS) is 18.6. The molecule has 1 aliphatic rings. The van der Waals surface area contributed by atoms with Crippen LogP contribution in [0.5, 0.6) is 5.75 Å². The number of ether oxygens (including phenoxy) is 2. The van der Waals surface area contributed by atoms with Crippen molar-refractivity contribution in [1.82, 2.24) is 0 Å². The summed E-state index contributed by atoms with van der Waals surface area (Å²) in [5.74, 6) is -0.0198. The summed E-state index contributed by atoms with van der Waals surface area (Å²) in [4.78, 5) is 21.3. The van der Waals surface area contributed by atoms with Crippen LogP contribution in [0, 0.1) is 0 Å². The lowest BCUT2D eigenvalue weighted by Gasteiger charge is -2.02. The number of benzene rings is 1. The van der Waals surface area contributed by atoms with Crippen molar-refractivity contribution < 1.29 is 19.1 Å². The van der Waals surface area contributed by atoms with Gasteiger partial charge in [0.05, 0.1) is 5.56 Å². The molecule has 0 spiro atoms. The van der Waals surface area contributed by atoms with E-state index in [1.807, 2.05) is 0 Å². The third kappa shape index (κ3) is 1.25. The zero-order valence-corrected chi connectivity index (χ0v) is 7.52. The molecule has 1 aliphatic heterocycles. The van der Waals surface area contributed by atoms with Crippen LogP contribution in [0.15, 0.2) is 18.2 Å². The first-order chi connectivity index (χ1) is 6.72. The summed E-state index contributed by atoms with van der Waals surface area (Å²) in [6.45, 7) is 2.12. The molecule has 0 fully saturated rings. The van der Waals surface area contributed by atoms with Crippen LogP contribution >= 0.6 is 0 Å². The van der Waals surface area contributed by atoms with E-state index >= 15 is 0 Å². The van der Waals surface area contributed by atoms with Crippen LogP contribution in [0.2, 0.25) is 0 Å². The highest BCUT2D eigenvalue weighted by molar-refractivity contribution is 5.94. The molecule has 0 aromatic heterocycles. The standard InChI is InChI=1S/C10H8O4/c1-6-8-3-2-7(13-5-11)4-9(8)10(12)14-6/h2-6H,1H3. The number of fused-ring (bicyclic) bond motifs is 1. The van der Waals surface area contributed by atoms with E-state index in [1.54, 1.807) is 19.1 Å². The Kier molecular flexibility index (Phi) is 1.96. The lowest BCUT2D eigenvalue weighted by atomic mass is 10.1. The molecule has 4 heteroatoms. The molecule has 1 heterocycles. The van der Waals surface area contributed by atoms with E-state index in [4.69, 9.17) is 4.74 Å². The van der Waals surface area contributed by atoms with Crippen molar-refractivity contribution in [2.45, 2.75) is 13.0 Å². The SMILES string of the molecule is CC1OC(=O)c2cc(OC=O)ccc21. The molecule has 2 rings (SSSR count). The average molecular weight is 192 g/mol. The van der Waals surface area contributed by atoms with Gasteiger partial charge in [0.2, 0.25) is 0 Å². The van der Waals surface area contributed by atoms with Crippen LogP contribution in [0.3, 0.4) is 0 Å². The molecular formula is C10H8O4.